The third-order valence-electron chi connectivity index (χ3n) is 4.82. The first-order chi connectivity index (χ1) is 15.3. The van der Waals surface area contributed by atoms with Gasteiger partial charge in [-0.25, -0.2) is 4.79 Å². The van der Waals surface area contributed by atoms with Crippen molar-refractivity contribution in [2.75, 3.05) is 13.7 Å². The first-order valence-electron chi connectivity index (χ1n) is 10.2. The minimum absolute atomic E-state index is 0.0849. The number of hydrogen-bond acceptors (Lipinski definition) is 6. The van der Waals surface area contributed by atoms with E-state index in [1.54, 1.807) is 25.1 Å². The molecule has 0 saturated carbocycles. The molecular formula is C25H25NO5S. The van der Waals surface area contributed by atoms with E-state index >= 15 is 0 Å². The summed E-state index contributed by atoms with van der Waals surface area (Å²) in [6.07, 6.45) is 3.13. The Morgan fingerprint density at radius 2 is 1.94 bits per heavy atom. The van der Waals surface area contributed by atoms with Crippen LogP contribution in [-0.2, 0) is 16.1 Å². The number of hydrogen-bond donors (Lipinski definition) is 0. The molecule has 166 valence electrons. The van der Waals surface area contributed by atoms with Gasteiger partial charge in [0.2, 0.25) is 0 Å². The van der Waals surface area contributed by atoms with Crippen LogP contribution in [0.1, 0.15) is 40.9 Å². The molecular weight excluding hydrogens is 426 g/mol. The summed E-state index contributed by atoms with van der Waals surface area (Å²) in [4.78, 5) is 37.3. The lowest BCUT2D eigenvalue weighted by molar-refractivity contribution is -0.135. The largest absolute Gasteiger partial charge is 0.496 e. The molecule has 0 spiro atoms. The maximum Gasteiger partial charge on any atom is 0.333 e. The number of aromatic nitrogens is 1. The normalized spacial score (nSPS) is 12.1. The van der Waals surface area contributed by atoms with Gasteiger partial charge in [-0.1, -0.05) is 29.8 Å². The van der Waals surface area contributed by atoms with Crippen LogP contribution in [0.25, 0.3) is 12.2 Å². The second-order valence-corrected chi connectivity index (χ2v) is 8.30. The van der Waals surface area contributed by atoms with Crippen molar-refractivity contribution in [3.05, 3.63) is 84.3 Å². The number of nitrogens with zero attached hydrogens (tertiary/aromatic N) is 1. The van der Waals surface area contributed by atoms with Gasteiger partial charge >= 0.3 is 5.97 Å². The van der Waals surface area contributed by atoms with Crippen LogP contribution in [0.5, 0.6) is 5.75 Å². The molecule has 0 amide bonds. The van der Waals surface area contributed by atoms with Crippen LogP contribution in [0.4, 0.5) is 0 Å². The number of aryl methyl sites for hydroxylation is 1. The monoisotopic (exact) mass is 451 g/mol. The molecule has 32 heavy (non-hydrogen) atoms. The molecule has 0 fully saturated rings. The summed E-state index contributed by atoms with van der Waals surface area (Å²) in [5.74, 6) is -0.0493. The smallest absolute Gasteiger partial charge is 0.333 e. The van der Waals surface area contributed by atoms with E-state index in [9.17, 15) is 14.4 Å². The number of carbonyl (C=O) groups excluding carboxylic acids is 2. The molecule has 3 aromatic rings. The molecule has 0 atom stereocenters. The van der Waals surface area contributed by atoms with Crippen molar-refractivity contribution >= 4 is 35.2 Å². The maximum absolute atomic E-state index is 13.3. The van der Waals surface area contributed by atoms with Gasteiger partial charge in [-0.3, -0.25) is 14.2 Å². The zero-order chi connectivity index (χ0) is 23.3. The lowest BCUT2D eigenvalue weighted by Crippen LogP contribution is -2.32. The van der Waals surface area contributed by atoms with Gasteiger partial charge in [0.1, 0.15) is 10.4 Å². The Kier molecular flexibility index (Phi) is 7.43. The average molecular weight is 452 g/mol. The molecule has 3 rings (SSSR count). The standard InChI is InChI=1S/C25H25NO5S/c1-5-31-24(28)14-23-26(15-20-13-19(17(3)27)9-10-21(20)30-4)25(29)22(32-23)12-18-8-6-7-16(2)11-18/h6-14H,5,15H2,1-4H3. The van der Waals surface area contributed by atoms with Crippen LogP contribution < -0.4 is 19.5 Å². The molecule has 0 unspecified atom stereocenters. The van der Waals surface area contributed by atoms with Crippen molar-refractivity contribution in [3.63, 3.8) is 0 Å². The predicted octanol–water partition coefficient (Wildman–Crippen LogP) is 2.65. The molecule has 0 bridgehead atoms. The van der Waals surface area contributed by atoms with Crippen molar-refractivity contribution in [2.45, 2.75) is 27.3 Å². The number of rotatable bonds is 7. The van der Waals surface area contributed by atoms with Crippen LogP contribution in [0.15, 0.2) is 47.3 Å². The second-order valence-electron chi connectivity index (χ2n) is 7.23. The second kappa shape index (κ2) is 10.2. The van der Waals surface area contributed by atoms with E-state index in [-0.39, 0.29) is 24.5 Å². The van der Waals surface area contributed by atoms with Crippen LogP contribution in [0, 0.1) is 6.92 Å². The van der Waals surface area contributed by atoms with Gasteiger partial charge < -0.3 is 9.47 Å². The first kappa shape index (κ1) is 23.2. The van der Waals surface area contributed by atoms with E-state index in [0.29, 0.717) is 26.1 Å². The fraction of sp³-hybridized carbons (Fsp3) is 0.240. The van der Waals surface area contributed by atoms with E-state index < -0.39 is 5.97 Å². The summed E-state index contributed by atoms with van der Waals surface area (Å²) in [5, 5.41) is 0. The first-order valence-corrected chi connectivity index (χ1v) is 11.0. The molecule has 0 radical (unpaired) electrons. The molecule has 0 saturated heterocycles. The Bertz CT molecular complexity index is 1330. The number of benzene rings is 2. The third-order valence-corrected chi connectivity index (χ3v) is 5.88. The summed E-state index contributed by atoms with van der Waals surface area (Å²) in [6, 6.07) is 12.9. The van der Waals surface area contributed by atoms with Crippen molar-refractivity contribution in [3.8, 4) is 5.75 Å². The number of carbonyl (C=O) groups is 2. The Labute approximate surface area is 190 Å². The number of methoxy groups -OCH3 is 1. The van der Waals surface area contributed by atoms with Crippen molar-refractivity contribution in [1.29, 1.82) is 0 Å². The lowest BCUT2D eigenvalue weighted by Gasteiger charge is -2.10. The number of ketones is 1. The number of Topliss-reactive ketones (excluding diaryl/α,β-unsaturated/α-hetero) is 1. The van der Waals surface area contributed by atoms with Gasteiger partial charge in [-0.2, -0.15) is 0 Å². The van der Waals surface area contributed by atoms with Crippen LogP contribution in [0.3, 0.4) is 0 Å². The van der Waals surface area contributed by atoms with Crippen molar-refractivity contribution in [2.24, 2.45) is 0 Å². The highest BCUT2D eigenvalue weighted by atomic mass is 32.1. The molecule has 2 aromatic carbocycles. The zero-order valence-corrected chi connectivity index (χ0v) is 19.3. The minimum atomic E-state index is -0.519. The Balaban J connectivity index is 2.20. The SMILES string of the molecule is CCOC(=O)C=c1sc(=Cc2cccc(C)c2)c(=O)n1Cc1cc(C(C)=O)ccc1OC. The van der Waals surface area contributed by atoms with Crippen LogP contribution >= 0.6 is 11.3 Å². The van der Waals surface area contributed by atoms with Gasteiger partial charge in [-0.05, 0) is 50.6 Å². The van der Waals surface area contributed by atoms with E-state index in [0.717, 1.165) is 11.1 Å². The molecule has 7 heteroatoms. The van der Waals surface area contributed by atoms with Crippen LogP contribution in [0.2, 0.25) is 0 Å². The predicted molar refractivity (Wildman–Crippen MR) is 126 cm³/mol. The quantitative estimate of drug-likeness (QED) is 0.408. The highest BCUT2D eigenvalue weighted by Crippen LogP contribution is 2.20. The highest BCUT2D eigenvalue weighted by molar-refractivity contribution is 7.07. The molecule has 1 heterocycles. The van der Waals surface area contributed by atoms with Gasteiger partial charge in [0.05, 0.1) is 30.9 Å². The minimum Gasteiger partial charge on any atom is -0.496 e. The van der Waals surface area contributed by atoms with Crippen molar-refractivity contribution < 1.29 is 19.1 Å². The van der Waals surface area contributed by atoms with Crippen molar-refractivity contribution in [1.82, 2.24) is 4.57 Å². The highest BCUT2D eigenvalue weighted by Gasteiger charge is 2.13. The maximum atomic E-state index is 13.3. The summed E-state index contributed by atoms with van der Waals surface area (Å²) in [6.45, 7) is 5.58. The Morgan fingerprint density at radius 3 is 2.59 bits per heavy atom. The summed E-state index contributed by atoms with van der Waals surface area (Å²) in [5.41, 5.74) is 2.93. The average Bonchev–Trinajstić information content (AvgIpc) is 3.02. The number of ether oxygens (including phenoxy) is 2. The van der Waals surface area contributed by atoms with Gasteiger partial charge in [0.25, 0.3) is 5.56 Å². The number of esters is 1. The molecule has 6 nitrogen and oxygen atoms in total. The van der Waals surface area contributed by atoms with Gasteiger partial charge in [-0.15, -0.1) is 11.3 Å². The fourth-order valence-electron chi connectivity index (χ4n) is 3.28. The van der Waals surface area contributed by atoms with Gasteiger partial charge in [0.15, 0.2) is 5.78 Å². The van der Waals surface area contributed by atoms with E-state index in [4.69, 9.17) is 9.47 Å². The Morgan fingerprint density at radius 1 is 1.16 bits per heavy atom. The summed E-state index contributed by atoms with van der Waals surface area (Å²) in [7, 11) is 1.53. The van der Waals surface area contributed by atoms with E-state index in [2.05, 4.69) is 0 Å². The fourth-order valence-corrected chi connectivity index (χ4v) is 4.31. The molecule has 0 aliphatic rings. The van der Waals surface area contributed by atoms with Crippen LogP contribution in [-0.4, -0.2) is 30.0 Å². The zero-order valence-electron chi connectivity index (χ0n) is 18.5. The Hall–Kier alpha value is -3.45. The molecule has 0 N–H and O–H groups in total. The number of thiazole rings is 1. The van der Waals surface area contributed by atoms with E-state index in [1.807, 2.05) is 37.3 Å². The summed E-state index contributed by atoms with van der Waals surface area (Å²) < 4.78 is 12.9. The summed E-state index contributed by atoms with van der Waals surface area (Å²) >= 11 is 1.21. The topological polar surface area (TPSA) is 74.6 Å². The van der Waals surface area contributed by atoms with Gasteiger partial charge in [0, 0.05) is 11.1 Å². The molecule has 0 aliphatic carbocycles. The van der Waals surface area contributed by atoms with E-state index in [1.165, 1.54) is 36.0 Å². The lowest BCUT2D eigenvalue weighted by atomic mass is 10.1. The third kappa shape index (κ3) is 5.42. The molecule has 0 aliphatic heterocycles. The molecule has 1 aromatic heterocycles.